The Balaban J connectivity index is 1.73. The van der Waals surface area contributed by atoms with Crippen LogP contribution in [0.15, 0.2) is 24.5 Å². The largest absolute Gasteiger partial charge is 0.367 e. The van der Waals surface area contributed by atoms with Gasteiger partial charge in [0.2, 0.25) is 0 Å². The average molecular weight is 258 g/mol. The molecule has 0 aliphatic carbocycles. The van der Waals surface area contributed by atoms with Crippen molar-refractivity contribution in [3.8, 4) is 0 Å². The molecule has 1 fully saturated rings. The summed E-state index contributed by atoms with van der Waals surface area (Å²) in [6.45, 7) is 10.3. The molecule has 4 nitrogen and oxygen atoms in total. The molecule has 0 saturated carbocycles. The highest BCUT2D eigenvalue weighted by molar-refractivity contribution is 5.88. The molecule has 19 heavy (non-hydrogen) atoms. The molecule has 0 bridgehead atoms. The quantitative estimate of drug-likeness (QED) is 0.918. The van der Waals surface area contributed by atoms with Gasteiger partial charge in [0.05, 0.1) is 17.5 Å². The number of H-pyrrole nitrogens is 1. The van der Waals surface area contributed by atoms with Crippen molar-refractivity contribution >= 4 is 16.7 Å². The molecule has 1 aliphatic rings. The van der Waals surface area contributed by atoms with Crippen LogP contribution < -0.4 is 4.90 Å². The first kappa shape index (κ1) is 12.5. The third-order valence-corrected chi connectivity index (χ3v) is 3.76. The fraction of sp³-hybridized carbons (Fsp3) is 0.533. The zero-order chi connectivity index (χ0) is 13.2. The van der Waals surface area contributed by atoms with E-state index in [9.17, 15) is 0 Å². The van der Waals surface area contributed by atoms with Crippen LogP contribution in [-0.2, 0) is 0 Å². The lowest BCUT2D eigenvalue weighted by Gasteiger charge is -2.36. The zero-order valence-electron chi connectivity index (χ0n) is 11.8. The number of hydrogen-bond acceptors (Lipinski definition) is 3. The average Bonchev–Trinajstić information content (AvgIpc) is 2.87. The Labute approximate surface area is 114 Å². The number of para-hydroxylation sites is 1. The van der Waals surface area contributed by atoms with E-state index in [2.05, 4.69) is 51.8 Å². The summed E-state index contributed by atoms with van der Waals surface area (Å²) >= 11 is 0. The highest BCUT2D eigenvalue weighted by atomic mass is 15.3. The van der Waals surface area contributed by atoms with E-state index in [-0.39, 0.29) is 0 Å². The molecule has 0 spiro atoms. The summed E-state index contributed by atoms with van der Waals surface area (Å²) in [5.74, 6) is 0.751. The molecule has 0 unspecified atom stereocenters. The van der Waals surface area contributed by atoms with Crippen molar-refractivity contribution in [2.45, 2.75) is 13.8 Å². The Hall–Kier alpha value is -1.55. The van der Waals surface area contributed by atoms with Crippen LogP contribution in [0.5, 0.6) is 0 Å². The smallest absolute Gasteiger partial charge is 0.112 e. The van der Waals surface area contributed by atoms with Gasteiger partial charge in [-0.2, -0.15) is 0 Å². The molecule has 1 N–H and O–H groups in total. The third kappa shape index (κ3) is 2.59. The molecule has 3 rings (SSSR count). The van der Waals surface area contributed by atoms with Gasteiger partial charge in [-0.25, -0.2) is 4.98 Å². The number of imidazole rings is 1. The molecule has 2 heterocycles. The van der Waals surface area contributed by atoms with Crippen molar-refractivity contribution < 1.29 is 0 Å². The van der Waals surface area contributed by atoms with Crippen LogP contribution in [-0.4, -0.2) is 47.6 Å². The van der Waals surface area contributed by atoms with Gasteiger partial charge in [0, 0.05) is 32.7 Å². The predicted octanol–water partition coefficient (Wildman–Crippen LogP) is 2.34. The van der Waals surface area contributed by atoms with E-state index in [1.165, 1.54) is 12.2 Å². The topological polar surface area (TPSA) is 35.2 Å². The summed E-state index contributed by atoms with van der Waals surface area (Å²) in [7, 11) is 0. The summed E-state index contributed by atoms with van der Waals surface area (Å²) in [6.07, 6.45) is 1.78. The second-order valence-electron chi connectivity index (χ2n) is 5.76. The zero-order valence-corrected chi connectivity index (χ0v) is 11.8. The lowest BCUT2D eigenvalue weighted by Crippen LogP contribution is -2.47. The van der Waals surface area contributed by atoms with Gasteiger partial charge >= 0.3 is 0 Å². The van der Waals surface area contributed by atoms with Crippen molar-refractivity contribution in [1.29, 1.82) is 0 Å². The first-order valence-corrected chi connectivity index (χ1v) is 7.13. The van der Waals surface area contributed by atoms with Crippen LogP contribution in [0.25, 0.3) is 11.0 Å². The minimum Gasteiger partial charge on any atom is -0.367 e. The number of fused-ring (bicyclic) bond motifs is 1. The highest BCUT2D eigenvalue weighted by Gasteiger charge is 2.19. The van der Waals surface area contributed by atoms with Gasteiger partial charge in [-0.05, 0) is 18.1 Å². The Bertz CT molecular complexity index is 538. The van der Waals surface area contributed by atoms with Gasteiger partial charge in [-0.3, -0.25) is 4.90 Å². The third-order valence-electron chi connectivity index (χ3n) is 3.76. The predicted molar refractivity (Wildman–Crippen MR) is 79.6 cm³/mol. The van der Waals surface area contributed by atoms with Crippen molar-refractivity contribution in [2.24, 2.45) is 5.92 Å². The SMILES string of the molecule is CC(C)CN1CCN(c2cccc3[nH]cnc23)CC1. The molecular formula is C15H22N4. The molecule has 1 aromatic carbocycles. The van der Waals surface area contributed by atoms with Crippen molar-refractivity contribution in [3.63, 3.8) is 0 Å². The van der Waals surface area contributed by atoms with Crippen LogP contribution in [0, 0.1) is 5.92 Å². The lowest BCUT2D eigenvalue weighted by molar-refractivity contribution is 0.231. The minimum atomic E-state index is 0.751. The highest BCUT2D eigenvalue weighted by Crippen LogP contribution is 2.25. The van der Waals surface area contributed by atoms with Gasteiger partial charge < -0.3 is 9.88 Å². The van der Waals surface area contributed by atoms with E-state index < -0.39 is 0 Å². The molecular weight excluding hydrogens is 236 g/mol. The van der Waals surface area contributed by atoms with E-state index in [0.717, 1.165) is 43.1 Å². The number of nitrogens with one attached hydrogen (secondary N) is 1. The Morgan fingerprint density at radius 1 is 1.21 bits per heavy atom. The molecule has 0 radical (unpaired) electrons. The van der Waals surface area contributed by atoms with Gasteiger partial charge in [0.25, 0.3) is 0 Å². The number of piperazine rings is 1. The van der Waals surface area contributed by atoms with E-state index in [4.69, 9.17) is 0 Å². The fourth-order valence-electron chi connectivity index (χ4n) is 2.89. The monoisotopic (exact) mass is 258 g/mol. The summed E-state index contributed by atoms with van der Waals surface area (Å²) in [6, 6.07) is 6.37. The van der Waals surface area contributed by atoms with Gasteiger partial charge in [-0.1, -0.05) is 19.9 Å². The number of nitrogens with zero attached hydrogens (tertiary/aromatic N) is 3. The van der Waals surface area contributed by atoms with Crippen molar-refractivity contribution in [3.05, 3.63) is 24.5 Å². The normalized spacial score (nSPS) is 17.5. The molecule has 2 aromatic rings. The van der Waals surface area contributed by atoms with E-state index >= 15 is 0 Å². The number of hydrogen-bond donors (Lipinski definition) is 1. The number of aromatic nitrogens is 2. The van der Waals surface area contributed by atoms with Crippen molar-refractivity contribution in [1.82, 2.24) is 14.9 Å². The van der Waals surface area contributed by atoms with Crippen LogP contribution in [0.4, 0.5) is 5.69 Å². The van der Waals surface area contributed by atoms with Crippen LogP contribution in [0.3, 0.4) is 0 Å². The Morgan fingerprint density at radius 3 is 2.74 bits per heavy atom. The lowest BCUT2D eigenvalue weighted by atomic mass is 10.1. The number of aromatic amines is 1. The first-order valence-electron chi connectivity index (χ1n) is 7.13. The number of anilines is 1. The van der Waals surface area contributed by atoms with Crippen LogP contribution in [0.2, 0.25) is 0 Å². The number of rotatable bonds is 3. The van der Waals surface area contributed by atoms with Crippen molar-refractivity contribution in [2.75, 3.05) is 37.6 Å². The maximum atomic E-state index is 4.45. The Kier molecular flexibility index (Phi) is 3.42. The van der Waals surface area contributed by atoms with Gasteiger partial charge in [-0.15, -0.1) is 0 Å². The molecule has 4 heteroatoms. The maximum absolute atomic E-state index is 4.45. The minimum absolute atomic E-state index is 0.751. The standard InChI is InChI=1S/C15H22N4/c1-12(2)10-18-6-8-19(9-7-18)14-5-3-4-13-15(14)17-11-16-13/h3-5,11-12H,6-10H2,1-2H3,(H,16,17). The van der Waals surface area contributed by atoms with E-state index in [1.807, 2.05) is 0 Å². The Morgan fingerprint density at radius 2 is 2.00 bits per heavy atom. The van der Waals surface area contributed by atoms with Crippen LogP contribution in [0.1, 0.15) is 13.8 Å². The second kappa shape index (κ2) is 5.21. The summed E-state index contributed by atoms with van der Waals surface area (Å²) in [5, 5.41) is 0. The van der Waals surface area contributed by atoms with E-state index in [1.54, 1.807) is 6.33 Å². The molecule has 0 atom stereocenters. The summed E-state index contributed by atoms with van der Waals surface area (Å²) in [5.41, 5.74) is 3.49. The first-order chi connectivity index (χ1) is 9.24. The van der Waals surface area contributed by atoms with Crippen LogP contribution >= 0.6 is 0 Å². The fourth-order valence-corrected chi connectivity index (χ4v) is 2.89. The molecule has 102 valence electrons. The van der Waals surface area contributed by atoms with E-state index in [0.29, 0.717) is 0 Å². The number of benzene rings is 1. The molecule has 1 saturated heterocycles. The molecule has 1 aromatic heterocycles. The molecule has 0 amide bonds. The second-order valence-corrected chi connectivity index (χ2v) is 5.76. The maximum Gasteiger partial charge on any atom is 0.112 e. The molecule has 1 aliphatic heterocycles. The van der Waals surface area contributed by atoms with Gasteiger partial charge in [0.15, 0.2) is 0 Å². The summed E-state index contributed by atoms with van der Waals surface area (Å²) in [4.78, 5) is 12.7. The summed E-state index contributed by atoms with van der Waals surface area (Å²) < 4.78 is 0. The van der Waals surface area contributed by atoms with Gasteiger partial charge in [0.1, 0.15) is 5.52 Å².